The van der Waals surface area contributed by atoms with Gasteiger partial charge < -0.3 is 9.05 Å². The van der Waals surface area contributed by atoms with E-state index in [9.17, 15) is 4.57 Å². The Morgan fingerprint density at radius 1 is 1.38 bits per heavy atom. The van der Waals surface area contributed by atoms with Gasteiger partial charge in [0.2, 0.25) is 0 Å². The van der Waals surface area contributed by atoms with Crippen LogP contribution in [0.1, 0.15) is 27.2 Å². The maximum absolute atomic E-state index is 11.9. The first-order chi connectivity index (χ1) is 6.10. The van der Waals surface area contributed by atoms with Crippen molar-refractivity contribution in [2.24, 2.45) is 0 Å². The molecule has 1 atom stereocenters. The standard InChI is InChI=1S/C8H16NO3P/c1-4-11-13(10,12-5-2)8(3)6-7-9/h8H,4-6H2,1-3H3/t8-/m1/s1. The number of hydrogen-bond acceptors (Lipinski definition) is 4. The molecular weight excluding hydrogens is 189 g/mol. The van der Waals surface area contributed by atoms with Crippen molar-refractivity contribution in [3.63, 3.8) is 0 Å². The van der Waals surface area contributed by atoms with Crippen LogP contribution in [0.2, 0.25) is 0 Å². The van der Waals surface area contributed by atoms with Crippen molar-refractivity contribution >= 4 is 7.60 Å². The molecule has 0 aliphatic carbocycles. The van der Waals surface area contributed by atoms with Gasteiger partial charge in [-0.3, -0.25) is 4.57 Å². The van der Waals surface area contributed by atoms with E-state index in [-0.39, 0.29) is 12.1 Å². The summed E-state index contributed by atoms with van der Waals surface area (Å²) in [6.07, 6.45) is 0.192. The van der Waals surface area contributed by atoms with Crippen molar-refractivity contribution < 1.29 is 13.6 Å². The van der Waals surface area contributed by atoms with Crippen LogP contribution >= 0.6 is 7.60 Å². The molecule has 0 heterocycles. The Labute approximate surface area is 79.4 Å². The lowest BCUT2D eigenvalue weighted by Crippen LogP contribution is -2.08. The molecule has 0 N–H and O–H groups in total. The fraction of sp³-hybridized carbons (Fsp3) is 0.875. The first-order valence-corrected chi connectivity index (χ1v) is 5.97. The highest BCUT2D eigenvalue weighted by Gasteiger charge is 2.31. The maximum Gasteiger partial charge on any atom is 0.334 e. The molecule has 0 aliphatic heterocycles. The highest BCUT2D eigenvalue weighted by Crippen LogP contribution is 2.53. The summed E-state index contributed by atoms with van der Waals surface area (Å²) in [5, 5.41) is 8.45. The normalized spacial score (nSPS) is 13.7. The molecule has 13 heavy (non-hydrogen) atoms. The second-order valence-electron chi connectivity index (χ2n) is 2.59. The molecule has 0 aromatic heterocycles. The number of hydrogen-bond donors (Lipinski definition) is 0. The minimum atomic E-state index is -3.05. The Hall–Kier alpha value is -0.360. The average molecular weight is 205 g/mol. The first-order valence-electron chi connectivity index (χ1n) is 4.36. The van der Waals surface area contributed by atoms with Gasteiger partial charge in [-0.1, -0.05) is 6.92 Å². The van der Waals surface area contributed by atoms with Gasteiger partial charge >= 0.3 is 7.60 Å². The van der Waals surface area contributed by atoms with Crippen molar-refractivity contribution in [3.8, 4) is 6.07 Å². The Balaban J connectivity index is 4.39. The van der Waals surface area contributed by atoms with Crippen LogP contribution in [0.4, 0.5) is 0 Å². The van der Waals surface area contributed by atoms with Gasteiger partial charge in [-0.15, -0.1) is 0 Å². The smallest absolute Gasteiger partial charge is 0.309 e. The number of nitriles is 1. The van der Waals surface area contributed by atoms with E-state index in [1.807, 2.05) is 6.07 Å². The third-order valence-electron chi connectivity index (χ3n) is 1.54. The molecule has 0 rings (SSSR count). The highest BCUT2D eigenvalue weighted by molar-refractivity contribution is 7.54. The van der Waals surface area contributed by atoms with E-state index >= 15 is 0 Å². The van der Waals surface area contributed by atoms with Crippen LogP contribution in [0.5, 0.6) is 0 Å². The molecule has 0 saturated heterocycles. The van der Waals surface area contributed by atoms with E-state index in [0.717, 1.165) is 0 Å². The van der Waals surface area contributed by atoms with Crippen molar-refractivity contribution in [3.05, 3.63) is 0 Å². The zero-order valence-corrected chi connectivity index (χ0v) is 9.21. The van der Waals surface area contributed by atoms with E-state index in [1.165, 1.54) is 0 Å². The molecule has 76 valence electrons. The zero-order chi connectivity index (χ0) is 10.3. The lowest BCUT2D eigenvalue weighted by Gasteiger charge is -2.21. The second-order valence-corrected chi connectivity index (χ2v) is 5.06. The molecule has 0 aromatic carbocycles. The van der Waals surface area contributed by atoms with Crippen molar-refractivity contribution in [1.82, 2.24) is 0 Å². The Kier molecular flexibility index (Phi) is 5.98. The van der Waals surface area contributed by atoms with Gasteiger partial charge in [-0.2, -0.15) is 5.26 Å². The lowest BCUT2D eigenvalue weighted by molar-refractivity contribution is 0.213. The topological polar surface area (TPSA) is 59.3 Å². The molecule has 0 unspecified atom stereocenters. The van der Waals surface area contributed by atoms with Crippen LogP contribution < -0.4 is 0 Å². The molecule has 0 spiro atoms. The van der Waals surface area contributed by atoms with E-state index in [1.54, 1.807) is 20.8 Å². The van der Waals surface area contributed by atoms with E-state index in [4.69, 9.17) is 14.3 Å². The summed E-state index contributed by atoms with van der Waals surface area (Å²) in [4.78, 5) is 0. The second kappa shape index (κ2) is 6.15. The maximum atomic E-state index is 11.9. The van der Waals surface area contributed by atoms with Gasteiger partial charge in [0.15, 0.2) is 0 Å². The summed E-state index contributed by atoms with van der Waals surface area (Å²) in [5.41, 5.74) is -0.350. The molecule has 0 bridgehead atoms. The summed E-state index contributed by atoms with van der Waals surface area (Å²) in [6.45, 7) is 5.89. The van der Waals surface area contributed by atoms with Crippen LogP contribution in [-0.2, 0) is 13.6 Å². The van der Waals surface area contributed by atoms with Crippen LogP contribution in [0.3, 0.4) is 0 Å². The van der Waals surface area contributed by atoms with E-state index < -0.39 is 7.60 Å². The minimum absolute atomic E-state index is 0.192. The van der Waals surface area contributed by atoms with Gasteiger partial charge in [-0.25, -0.2) is 0 Å². The SMILES string of the molecule is CCOP(=O)(OCC)[C@H](C)CC#N. The molecule has 0 fully saturated rings. The largest absolute Gasteiger partial charge is 0.334 e. The van der Waals surface area contributed by atoms with Crippen LogP contribution in [0.25, 0.3) is 0 Å². The Bertz CT molecular complexity index is 214. The number of nitrogens with zero attached hydrogens (tertiary/aromatic N) is 1. The third-order valence-corrected chi connectivity index (χ3v) is 4.04. The summed E-state index contributed by atoms with van der Waals surface area (Å²) >= 11 is 0. The molecule has 0 aromatic rings. The number of rotatable bonds is 6. The fourth-order valence-corrected chi connectivity index (χ4v) is 2.50. The molecular formula is C8H16NO3P. The Morgan fingerprint density at radius 2 is 1.85 bits per heavy atom. The van der Waals surface area contributed by atoms with Crippen LogP contribution in [-0.4, -0.2) is 18.9 Å². The highest BCUT2D eigenvalue weighted by atomic mass is 31.2. The van der Waals surface area contributed by atoms with Crippen molar-refractivity contribution in [1.29, 1.82) is 5.26 Å². The predicted octanol–water partition coefficient (Wildman–Crippen LogP) is 2.55. The lowest BCUT2D eigenvalue weighted by atomic mass is 10.4. The van der Waals surface area contributed by atoms with Gasteiger partial charge in [-0.05, 0) is 13.8 Å². The van der Waals surface area contributed by atoms with Gasteiger partial charge in [0, 0.05) is 6.42 Å². The quantitative estimate of drug-likeness (QED) is 0.625. The summed E-state index contributed by atoms with van der Waals surface area (Å²) in [7, 11) is -3.05. The van der Waals surface area contributed by atoms with Crippen molar-refractivity contribution in [2.45, 2.75) is 32.9 Å². The molecule has 4 nitrogen and oxygen atoms in total. The summed E-state index contributed by atoms with van der Waals surface area (Å²) in [6, 6.07) is 1.96. The first kappa shape index (κ1) is 12.6. The molecule has 0 radical (unpaired) electrons. The summed E-state index contributed by atoms with van der Waals surface area (Å²) < 4.78 is 22.0. The average Bonchev–Trinajstić information content (AvgIpc) is 2.05. The van der Waals surface area contributed by atoms with Gasteiger partial charge in [0.1, 0.15) is 0 Å². The van der Waals surface area contributed by atoms with E-state index in [0.29, 0.717) is 13.2 Å². The molecule has 0 saturated carbocycles. The Morgan fingerprint density at radius 3 is 2.15 bits per heavy atom. The van der Waals surface area contributed by atoms with Gasteiger partial charge in [0.05, 0.1) is 24.9 Å². The van der Waals surface area contributed by atoms with E-state index in [2.05, 4.69) is 0 Å². The zero-order valence-electron chi connectivity index (χ0n) is 8.32. The molecule has 0 amide bonds. The monoisotopic (exact) mass is 205 g/mol. The van der Waals surface area contributed by atoms with Gasteiger partial charge in [0.25, 0.3) is 0 Å². The summed E-state index contributed by atoms with van der Waals surface area (Å²) in [5.74, 6) is 0. The third kappa shape index (κ3) is 3.91. The predicted molar refractivity (Wildman–Crippen MR) is 50.6 cm³/mol. The minimum Gasteiger partial charge on any atom is -0.309 e. The van der Waals surface area contributed by atoms with Crippen LogP contribution in [0.15, 0.2) is 0 Å². The molecule has 5 heteroatoms. The van der Waals surface area contributed by atoms with Crippen molar-refractivity contribution in [2.75, 3.05) is 13.2 Å². The van der Waals surface area contributed by atoms with Crippen LogP contribution in [0, 0.1) is 11.3 Å². The fourth-order valence-electron chi connectivity index (χ4n) is 0.896. The molecule has 0 aliphatic rings.